The molecule has 0 aliphatic carbocycles. The number of Topliss-reactive ketones (excluding diaryl/α,β-unsaturated/α-hetero) is 1. The van der Waals surface area contributed by atoms with Gasteiger partial charge in [-0.15, -0.1) is 0 Å². The van der Waals surface area contributed by atoms with E-state index in [1.807, 2.05) is 30.3 Å². The fourth-order valence-electron chi connectivity index (χ4n) is 2.24. The number of thioether (sulfide) groups is 1. The van der Waals surface area contributed by atoms with E-state index < -0.39 is 4.92 Å². The number of nitro benzene ring substituents is 1. The van der Waals surface area contributed by atoms with Crippen molar-refractivity contribution in [3.63, 3.8) is 0 Å². The van der Waals surface area contributed by atoms with Crippen LogP contribution in [0.15, 0.2) is 70.8 Å². The summed E-state index contributed by atoms with van der Waals surface area (Å²) in [5.74, 6) is -0.221. The third-order valence-corrected chi connectivity index (χ3v) is 4.57. The largest absolute Gasteiger partial charge is 0.292 e. The topological polar surface area (TPSA) is 97.5 Å². The molecule has 130 valence electrons. The first kappa shape index (κ1) is 17.6. The van der Waals surface area contributed by atoms with Gasteiger partial charge in [-0.25, -0.2) is 0 Å². The van der Waals surface area contributed by atoms with Crippen molar-refractivity contribution in [1.29, 1.82) is 0 Å². The molecule has 0 aliphatic rings. The SMILES string of the molecule is CC(=O)/C(=N\Nc1cccc([N+](=O)[O-])c1)Sc1cccc2cccnc12. The Balaban J connectivity index is 1.87. The number of benzene rings is 2. The Kier molecular flexibility index (Phi) is 5.23. The van der Waals surface area contributed by atoms with Gasteiger partial charge in [0.2, 0.25) is 0 Å². The molecule has 8 heteroatoms. The summed E-state index contributed by atoms with van der Waals surface area (Å²) in [6.07, 6.45) is 1.69. The Morgan fingerprint density at radius 1 is 1.19 bits per heavy atom. The molecule has 0 radical (unpaired) electrons. The first-order valence-corrected chi connectivity index (χ1v) is 8.47. The van der Waals surface area contributed by atoms with Gasteiger partial charge in [-0.3, -0.25) is 25.3 Å². The van der Waals surface area contributed by atoms with E-state index in [1.165, 1.54) is 30.8 Å². The van der Waals surface area contributed by atoms with Crippen LogP contribution in [0.2, 0.25) is 0 Å². The summed E-state index contributed by atoms with van der Waals surface area (Å²) < 4.78 is 0. The van der Waals surface area contributed by atoms with Gasteiger partial charge in [-0.1, -0.05) is 36.0 Å². The molecule has 0 fully saturated rings. The summed E-state index contributed by atoms with van der Waals surface area (Å²) >= 11 is 1.20. The van der Waals surface area contributed by atoms with Crippen molar-refractivity contribution in [3.05, 3.63) is 70.9 Å². The van der Waals surface area contributed by atoms with Gasteiger partial charge < -0.3 is 0 Å². The maximum absolute atomic E-state index is 12.0. The van der Waals surface area contributed by atoms with Crippen LogP contribution in [0.3, 0.4) is 0 Å². The lowest BCUT2D eigenvalue weighted by Crippen LogP contribution is -2.08. The number of carbonyl (C=O) groups excluding carboxylic acids is 1. The van der Waals surface area contributed by atoms with Crippen LogP contribution in [-0.4, -0.2) is 20.7 Å². The second kappa shape index (κ2) is 7.75. The highest BCUT2D eigenvalue weighted by molar-refractivity contribution is 8.15. The summed E-state index contributed by atoms with van der Waals surface area (Å²) in [7, 11) is 0. The second-order valence-corrected chi connectivity index (χ2v) is 6.36. The highest BCUT2D eigenvalue weighted by atomic mass is 32.2. The van der Waals surface area contributed by atoms with E-state index in [0.29, 0.717) is 5.69 Å². The monoisotopic (exact) mass is 366 g/mol. The predicted molar refractivity (Wildman–Crippen MR) is 102 cm³/mol. The highest BCUT2D eigenvalue weighted by Crippen LogP contribution is 2.28. The number of aromatic nitrogens is 1. The smallest absolute Gasteiger partial charge is 0.271 e. The number of non-ortho nitro benzene ring substituents is 1. The molecule has 1 aromatic heterocycles. The summed E-state index contributed by atoms with van der Waals surface area (Å²) in [6, 6.07) is 15.4. The molecule has 0 amide bonds. The molecule has 26 heavy (non-hydrogen) atoms. The predicted octanol–water partition coefficient (Wildman–Crippen LogP) is 4.25. The lowest BCUT2D eigenvalue weighted by atomic mass is 10.2. The number of nitro groups is 1. The van der Waals surface area contributed by atoms with Crippen molar-refractivity contribution < 1.29 is 9.72 Å². The fourth-order valence-corrected chi connectivity index (χ4v) is 3.10. The van der Waals surface area contributed by atoms with Crippen molar-refractivity contribution in [2.45, 2.75) is 11.8 Å². The number of rotatable bonds is 5. The number of nitrogens with one attached hydrogen (secondary N) is 1. The number of carbonyl (C=O) groups is 1. The average molecular weight is 366 g/mol. The van der Waals surface area contributed by atoms with Crippen LogP contribution in [-0.2, 0) is 4.79 Å². The molecule has 0 spiro atoms. The summed E-state index contributed by atoms with van der Waals surface area (Å²) in [4.78, 5) is 27.5. The lowest BCUT2D eigenvalue weighted by Gasteiger charge is -2.07. The average Bonchev–Trinajstić information content (AvgIpc) is 2.65. The minimum atomic E-state index is -0.489. The molecule has 7 nitrogen and oxygen atoms in total. The molecular formula is C18H14N4O3S. The number of hydrogen-bond acceptors (Lipinski definition) is 7. The fraction of sp³-hybridized carbons (Fsp3) is 0.0556. The Morgan fingerprint density at radius 3 is 2.73 bits per heavy atom. The number of para-hydroxylation sites is 1. The van der Waals surface area contributed by atoms with Crippen LogP contribution < -0.4 is 5.43 Å². The standard InChI is InChI=1S/C18H14N4O3S/c1-12(23)18(21-20-14-7-3-8-15(11-14)22(24)25)26-16-9-2-5-13-6-4-10-19-17(13)16/h2-11,20H,1H3/b21-18+. The van der Waals surface area contributed by atoms with Crippen molar-refractivity contribution in [2.24, 2.45) is 5.10 Å². The molecule has 0 saturated heterocycles. The number of anilines is 1. The van der Waals surface area contributed by atoms with Gasteiger partial charge in [0.05, 0.1) is 16.1 Å². The van der Waals surface area contributed by atoms with Crippen molar-refractivity contribution in [1.82, 2.24) is 4.98 Å². The quantitative estimate of drug-likeness (QED) is 0.238. The number of fused-ring (bicyclic) bond motifs is 1. The zero-order valence-corrected chi connectivity index (χ0v) is 14.6. The molecule has 0 saturated carbocycles. The van der Waals surface area contributed by atoms with E-state index in [1.54, 1.807) is 18.3 Å². The Hall–Kier alpha value is -3.26. The lowest BCUT2D eigenvalue weighted by molar-refractivity contribution is -0.384. The molecule has 0 bridgehead atoms. The first-order valence-electron chi connectivity index (χ1n) is 7.65. The first-order chi connectivity index (χ1) is 12.5. The van der Waals surface area contributed by atoms with Gasteiger partial charge in [0.25, 0.3) is 5.69 Å². The van der Waals surface area contributed by atoms with E-state index in [9.17, 15) is 14.9 Å². The van der Waals surface area contributed by atoms with Crippen LogP contribution in [0.25, 0.3) is 10.9 Å². The zero-order valence-electron chi connectivity index (χ0n) is 13.7. The number of nitrogens with zero attached hydrogens (tertiary/aromatic N) is 3. The van der Waals surface area contributed by atoms with Crippen LogP contribution >= 0.6 is 11.8 Å². The van der Waals surface area contributed by atoms with E-state index >= 15 is 0 Å². The molecule has 1 N–H and O–H groups in total. The number of hydrazone groups is 1. The number of hydrogen-bond donors (Lipinski definition) is 1. The van der Waals surface area contributed by atoms with Crippen molar-refractivity contribution in [2.75, 3.05) is 5.43 Å². The van der Waals surface area contributed by atoms with Crippen LogP contribution in [0.4, 0.5) is 11.4 Å². The maximum atomic E-state index is 12.0. The molecule has 3 aromatic rings. The number of ketones is 1. The minimum Gasteiger partial charge on any atom is -0.292 e. The molecule has 0 aliphatic heterocycles. The van der Waals surface area contributed by atoms with E-state index in [2.05, 4.69) is 15.5 Å². The van der Waals surface area contributed by atoms with Gasteiger partial charge >= 0.3 is 0 Å². The molecule has 2 aromatic carbocycles. The van der Waals surface area contributed by atoms with Crippen LogP contribution in [0.1, 0.15) is 6.92 Å². The third-order valence-electron chi connectivity index (χ3n) is 3.45. The van der Waals surface area contributed by atoms with E-state index in [0.717, 1.165) is 15.8 Å². The maximum Gasteiger partial charge on any atom is 0.271 e. The van der Waals surface area contributed by atoms with Crippen molar-refractivity contribution in [3.8, 4) is 0 Å². The Bertz CT molecular complexity index is 1010. The number of pyridine rings is 1. The Morgan fingerprint density at radius 2 is 1.96 bits per heavy atom. The van der Waals surface area contributed by atoms with Crippen LogP contribution in [0, 0.1) is 10.1 Å². The summed E-state index contributed by atoms with van der Waals surface area (Å²) in [5, 5.41) is 16.2. The second-order valence-electron chi connectivity index (χ2n) is 5.33. The minimum absolute atomic E-state index is 0.0551. The summed E-state index contributed by atoms with van der Waals surface area (Å²) in [6.45, 7) is 1.42. The normalized spacial score (nSPS) is 11.3. The van der Waals surface area contributed by atoms with Gasteiger partial charge in [0.1, 0.15) is 0 Å². The molecule has 0 atom stereocenters. The molecular weight excluding hydrogens is 352 g/mol. The Labute approximate surface area is 153 Å². The van der Waals surface area contributed by atoms with Gasteiger partial charge in [-0.05, 0) is 18.2 Å². The van der Waals surface area contributed by atoms with E-state index in [4.69, 9.17) is 0 Å². The highest BCUT2D eigenvalue weighted by Gasteiger charge is 2.12. The zero-order chi connectivity index (χ0) is 18.5. The summed E-state index contributed by atoms with van der Waals surface area (Å²) in [5.41, 5.74) is 3.86. The van der Waals surface area contributed by atoms with Crippen LogP contribution in [0.5, 0.6) is 0 Å². The third kappa shape index (κ3) is 4.04. The molecule has 0 unspecified atom stereocenters. The molecule has 1 heterocycles. The van der Waals surface area contributed by atoms with Gasteiger partial charge in [0, 0.05) is 35.5 Å². The van der Waals surface area contributed by atoms with Gasteiger partial charge in [0.15, 0.2) is 10.8 Å². The molecule has 3 rings (SSSR count). The van der Waals surface area contributed by atoms with E-state index in [-0.39, 0.29) is 16.5 Å². The van der Waals surface area contributed by atoms with Gasteiger partial charge in [-0.2, -0.15) is 5.10 Å². The van der Waals surface area contributed by atoms with Crippen molar-refractivity contribution >= 4 is 44.9 Å².